The largest absolute Gasteiger partial charge is 0.493 e. The van der Waals surface area contributed by atoms with E-state index in [0.29, 0.717) is 23.6 Å². The molecular formula is C15H14N2O4. The molecule has 0 saturated heterocycles. The van der Waals surface area contributed by atoms with Crippen LogP contribution >= 0.6 is 0 Å². The van der Waals surface area contributed by atoms with E-state index >= 15 is 0 Å². The molecule has 108 valence electrons. The Morgan fingerprint density at radius 2 is 1.86 bits per heavy atom. The second kappa shape index (κ2) is 6.51. The second-order valence-electron chi connectivity index (χ2n) is 4.19. The van der Waals surface area contributed by atoms with E-state index in [9.17, 15) is 14.9 Å². The number of benzene rings is 2. The molecule has 0 spiro atoms. The molecule has 6 heteroatoms. The molecule has 0 bridgehead atoms. The molecule has 0 fully saturated rings. The Kier molecular flexibility index (Phi) is 4.50. The molecule has 2 aromatic carbocycles. The summed E-state index contributed by atoms with van der Waals surface area (Å²) in [6, 6.07) is 12.5. The van der Waals surface area contributed by atoms with Gasteiger partial charge >= 0.3 is 0 Å². The number of anilines is 1. The number of hydrogen-bond acceptors (Lipinski definition) is 4. The van der Waals surface area contributed by atoms with Crippen molar-refractivity contribution in [2.45, 2.75) is 6.92 Å². The first-order valence-electron chi connectivity index (χ1n) is 6.39. The Bertz CT molecular complexity index is 653. The molecule has 2 rings (SSSR count). The van der Waals surface area contributed by atoms with Crippen molar-refractivity contribution >= 4 is 17.3 Å². The summed E-state index contributed by atoms with van der Waals surface area (Å²) in [6.45, 7) is 2.30. The smallest absolute Gasteiger partial charge is 0.269 e. The normalized spacial score (nSPS) is 9.95. The van der Waals surface area contributed by atoms with Gasteiger partial charge in [-0.05, 0) is 31.2 Å². The number of carbonyl (C=O) groups excluding carboxylic acids is 1. The van der Waals surface area contributed by atoms with Crippen LogP contribution in [-0.2, 0) is 0 Å². The fourth-order valence-corrected chi connectivity index (χ4v) is 1.80. The molecular weight excluding hydrogens is 272 g/mol. The van der Waals surface area contributed by atoms with Crippen molar-refractivity contribution in [2.24, 2.45) is 0 Å². The third-order valence-corrected chi connectivity index (χ3v) is 2.77. The van der Waals surface area contributed by atoms with E-state index in [4.69, 9.17) is 4.74 Å². The minimum atomic E-state index is -0.490. The van der Waals surface area contributed by atoms with Gasteiger partial charge in [0.25, 0.3) is 11.6 Å². The van der Waals surface area contributed by atoms with Crippen LogP contribution in [0.1, 0.15) is 17.3 Å². The maximum absolute atomic E-state index is 12.2. The molecule has 0 aliphatic carbocycles. The molecule has 1 N–H and O–H groups in total. The van der Waals surface area contributed by atoms with E-state index in [1.807, 2.05) is 6.92 Å². The Balaban J connectivity index is 2.16. The molecule has 0 saturated carbocycles. The minimum Gasteiger partial charge on any atom is -0.493 e. The SMILES string of the molecule is CCOc1ccccc1C(=O)Nc1ccc([N+](=O)[O-])cc1. The predicted octanol–water partition coefficient (Wildman–Crippen LogP) is 3.25. The van der Waals surface area contributed by atoms with Crippen molar-refractivity contribution in [3.8, 4) is 5.75 Å². The van der Waals surface area contributed by atoms with E-state index in [2.05, 4.69) is 5.32 Å². The molecule has 0 atom stereocenters. The number of nitro groups is 1. The number of nitro benzene ring substituents is 1. The van der Waals surface area contributed by atoms with Gasteiger partial charge < -0.3 is 10.1 Å². The monoisotopic (exact) mass is 286 g/mol. The lowest BCUT2D eigenvalue weighted by Gasteiger charge is -2.10. The highest BCUT2D eigenvalue weighted by atomic mass is 16.6. The Morgan fingerprint density at radius 3 is 2.48 bits per heavy atom. The zero-order valence-electron chi connectivity index (χ0n) is 11.4. The number of non-ortho nitro benzene ring substituents is 1. The second-order valence-corrected chi connectivity index (χ2v) is 4.19. The lowest BCUT2D eigenvalue weighted by molar-refractivity contribution is -0.384. The van der Waals surface area contributed by atoms with E-state index in [1.165, 1.54) is 24.3 Å². The van der Waals surface area contributed by atoms with Crippen LogP contribution in [0, 0.1) is 10.1 Å². The third-order valence-electron chi connectivity index (χ3n) is 2.77. The molecule has 21 heavy (non-hydrogen) atoms. The van der Waals surface area contributed by atoms with Crippen LogP contribution in [0.2, 0.25) is 0 Å². The minimum absolute atomic E-state index is 0.0253. The van der Waals surface area contributed by atoms with Crippen molar-refractivity contribution < 1.29 is 14.5 Å². The summed E-state index contributed by atoms with van der Waals surface area (Å²) in [7, 11) is 0. The van der Waals surface area contributed by atoms with Gasteiger partial charge in [0, 0.05) is 17.8 Å². The number of nitrogens with zero attached hydrogens (tertiary/aromatic N) is 1. The van der Waals surface area contributed by atoms with E-state index in [0.717, 1.165) is 0 Å². The van der Waals surface area contributed by atoms with Gasteiger partial charge in [0.15, 0.2) is 0 Å². The molecule has 1 amide bonds. The van der Waals surface area contributed by atoms with Gasteiger partial charge in [-0.25, -0.2) is 0 Å². The summed E-state index contributed by atoms with van der Waals surface area (Å²) in [4.78, 5) is 22.3. The van der Waals surface area contributed by atoms with E-state index in [-0.39, 0.29) is 11.6 Å². The van der Waals surface area contributed by atoms with Gasteiger partial charge in [0.1, 0.15) is 5.75 Å². The summed E-state index contributed by atoms with van der Waals surface area (Å²) in [5, 5.41) is 13.3. The number of nitrogens with one attached hydrogen (secondary N) is 1. The maximum atomic E-state index is 12.2. The zero-order chi connectivity index (χ0) is 15.2. The number of ether oxygens (including phenoxy) is 1. The molecule has 0 radical (unpaired) electrons. The highest BCUT2D eigenvalue weighted by Crippen LogP contribution is 2.21. The summed E-state index contributed by atoms with van der Waals surface area (Å²) >= 11 is 0. The van der Waals surface area contributed by atoms with Gasteiger partial charge in [-0.3, -0.25) is 14.9 Å². The van der Waals surface area contributed by atoms with Crippen LogP contribution in [-0.4, -0.2) is 17.4 Å². The van der Waals surface area contributed by atoms with Crippen LogP contribution in [0.5, 0.6) is 5.75 Å². The molecule has 0 heterocycles. The number of hydrogen-bond donors (Lipinski definition) is 1. The topological polar surface area (TPSA) is 81.5 Å². The molecule has 2 aromatic rings. The lowest BCUT2D eigenvalue weighted by atomic mass is 10.2. The van der Waals surface area contributed by atoms with E-state index < -0.39 is 4.92 Å². The average molecular weight is 286 g/mol. The maximum Gasteiger partial charge on any atom is 0.269 e. The van der Waals surface area contributed by atoms with Crippen molar-refractivity contribution in [1.29, 1.82) is 0 Å². The van der Waals surface area contributed by atoms with Gasteiger partial charge in [-0.1, -0.05) is 12.1 Å². The fraction of sp³-hybridized carbons (Fsp3) is 0.133. The Labute approximate surface area is 121 Å². The fourth-order valence-electron chi connectivity index (χ4n) is 1.80. The van der Waals surface area contributed by atoms with Crippen molar-refractivity contribution in [3.05, 3.63) is 64.2 Å². The first-order valence-corrected chi connectivity index (χ1v) is 6.39. The van der Waals surface area contributed by atoms with E-state index in [1.54, 1.807) is 24.3 Å². The summed E-state index contributed by atoms with van der Waals surface area (Å²) < 4.78 is 5.40. The first-order chi connectivity index (χ1) is 10.1. The zero-order valence-corrected chi connectivity index (χ0v) is 11.4. The molecule has 0 unspecified atom stereocenters. The highest BCUT2D eigenvalue weighted by Gasteiger charge is 2.12. The first kappa shape index (κ1) is 14.5. The molecule has 0 aliphatic heterocycles. The quantitative estimate of drug-likeness (QED) is 0.675. The predicted molar refractivity (Wildman–Crippen MR) is 78.7 cm³/mol. The Hall–Kier alpha value is -2.89. The van der Waals surface area contributed by atoms with Gasteiger partial charge in [-0.15, -0.1) is 0 Å². The van der Waals surface area contributed by atoms with Crippen LogP contribution in [0.15, 0.2) is 48.5 Å². The number of carbonyl (C=O) groups is 1. The molecule has 0 aliphatic rings. The van der Waals surface area contributed by atoms with Crippen LogP contribution in [0.3, 0.4) is 0 Å². The number of rotatable bonds is 5. The third kappa shape index (κ3) is 3.56. The summed E-state index contributed by atoms with van der Waals surface area (Å²) in [6.07, 6.45) is 0. The standard InChI is InChI=1S/C15H14N2O4/c1-2-21-14-6-4-3-5-13(14)15(18)16-11-7-9-12(10-8-11)17(19)20/h3-10H,2H2,1H3,(H,16,18). The van der Waals surface area contributed by atoms with Crippen molar-refractivity contribution in [2.75, 3.05) is 11.9 Å². The summed E-state index contributed by atoms with van der Waals surface area (Å²) in [5.41, 5.74) is 0.873. The number of amides is 1. The average Bonchev–Trinajstić information content (AvgIpc) is 2.48. The Morgan fingerprint density at radius 1 is 1.19 bits per heavy atom. The number of para-hydroxylation sites is 1. The lowest BCUT2D eigenvalue weighted by Crippen LogP contribution is -2.13. The highest BCUT2D eigenvalue weighted by molar-refractivity contribution is 6.06. The molecule has 0 aromatic heterocycles. The van der Waals surface area contributed by atoms with Crippen LogP contribution in [0.4, 0.5) is 11.4 Å². The van der Waals surface area contributed by atoms with Gasteiger partial charge in [-0.2, -0.15) is 0 Å². The van der Waals surface area contributed by atoms with Crippen LogP contribution < -0.4 is 10.1 Å². The van der Waals surface area contributed by atoms with Crippen molar-refractivity contribution in [1.82, 2.24) is 0 Å². The van der Waals surface area contributed by atoms with Crippen LogP contribution in [0.25, 0.3) is 0 Å². The summed E-state index contributed by atoms with van der Waals surface area (Å²) in [5.74, 6) is 0.173. The van der Waals surface area contributed by atoms with Crippen molar-refractivity contribution in [3.63, 3.8) is 0 Å². The van der Waals surface area contributed by atoms with Gasteiger partial charge in [0.2, 0.25) is 0 Å². The molecule has 6 nitrogen and oxygen atoms in total. The van der Waals surface area contributed by atoms with Gasteiger partial charge in [0.05, 0.1) is 17.1 Å².